The van der Waals surface area contributed by atoms with E-state index in [1.807, 2.05) is 11.3 Å². The van der Waals surface area contributed by atoms with Gasteiger partial charge in [0.2, 0.25) is 0 Å². The Morgan fingerprint density at radius 3 is 1.90 bits per heavy atom. The molecule has 1 aliphatic heterocycles. The fraction of sp³-hybridized carbons (Fsp3) is 0.143. The smallest absolute Gasteiger partial charge is 0.0502 e. The molecule has 0 N–H and O–H groups in total. The van der Waals surface area contributed by atoms with Crippen LogP contribution in [0.2, 0.25) is 0 Å². The third-order valence-electron chi connectivity index (χ3n) is 6.50. The molecule has 2 heterocycles. The average Bonchev–Trinajstić information content (AvgIpc) is 3.11. The van der Waals surface area contributed by atoms with Crippen molar-refractivity contribution >= 4 is 48.6 Å². The maximum Gasteiger partial charge on any atom is 0.0502 e. The zero-order valence-electron chi connectivity index (χ0n) is 17.4. The fourth-order valence-electron chi connectivity index (χ4n) is 4.97. The first-order valence-corrected chi connectivity index (χ1v) is 11.3. The van der Waals surface area contributed by atoms with Crippen molar-refractivity contribution in [3.63, 3.8) is 0 Å². The van der Waals surface area contributed by atoms with E-state index >= 15 is 0 Å². The van der Waals surface area contributed by atoms with Crippen molar-refractivity contribution in [3.05, 3.63) is 102 Å². The Morgan fingerprint density at radius 1 is 0.667 bits per heavy atom. The molecule has 0 unspecified atom stereocenters. The lowest BCUT2D eigenvalue weighted by Gasteiger charge is -2.42. The molecule has 0 spiro atoms. The van der Waals surface area contributed by atoms with Crippen LogP contribution in [0, 0.1) is 6.92 Å². The molecule has 1 nitrogen and oxygen atoms in total. The van der Waals surface area contributed by atoms with Crippen LogP contribution in [0.1, 0.15) is 30.5 Å². The summed E-state index contributed by atoms with van der Waals surface area (Å²) in [5.74, 6) is 0. The van der Waals surface area contributed by atoms with Crippen LogP contribution >= 0.6 is 11.3 Å². The summed E-state index contributed by atoms with van der Waals surface area (Å²) in [5, 5.41) is 2.70. The lowest BCUT2D eigenvalue weighted by Crippen LogP contribution is -2.30. The van der Waals surface area contributed by atoms with Gasteiger partial charge in [-0.25, -0.2) is 0 Å². The number of hydrogen-bond donors (Lipinski definition) is 0. The minimum absolute atomic E-state index is 0.0278. The van der Waals surface area contributed by atoms with Gasteiger partial charge in [0.05, 0.1) is 11.4 Å². The minimum Gasteiger partial charge on any atom is -0.310 e. The second-order valence-corrected chi connectivity index (χ2v) is 9.86. The molecule has 0 amide bonds. The number of aryl methyl sites for hydroxylation is 1. The Bertz CT molecular complexity index is 1390. The number of rotatable bonds is 1. The quantitative estimate of drug-likeness (QED) is 0.270. The monoisotopic (exact) mass is 405 g/mol. The van der Waals surface area contributed by atoms with Crippen LogP contribution in [0.4, 0.5) is 17.1 Å². The van der Waals surface area contributed by atoms with E-state index in [-0.39, 0.29) is 5.41 Å². The molecule has 0 bridgehead atoms. The average molecular weight is 406 g/mol. The van der Waals surface area contributed by atoms with Gasteiger partial charge in [-0.2, -0.15) is 0 Å². The summed E-state index contributed by atoms with van der Waals surface area (Å²) in [6, 6.07) is 31.4. The number of nitrogens with zero attached hydrogens (tertiary/aromatic N) is 1. The molecular weight excluding hydrogens is 382 g/mol. The maximum absolute atomic E-state index is 2.44. The van der Waals surface area contributed by atoms with Crippen LogP contribution in [0.25, 0.3) is 20.2 Å². The molecule has 1 aromatic heterocycles. The minimum atomic E-state index is -0.0278. The summed E-state index contributed by atoms with van der Waals surface area (Å²) >= 11 is 1.88. The van der Waals surface area contributed by atoms with E-state index in [9.17, 15) is 0 Å². The largest absolute Gasteiger partial charge is 0.310 e. The van der Waals surface area contributed by atoms with Gasteiger partial charge in [-0.1, -0.05) is 61.9 Å². The lowest BCUT2D eigenvalue weighted by molar-refractivity contribution is 0.632. The summed E-state index contributed by atoms with van der Waals surface area (Å²) in [7, 11) is 0. The Labute approximate surface area is 181 Å². The Kier molecular flexibility index (Phi) is 3.66. The highest BCUT2D eigenvalue weighted by molar-refractivity contribution is 7.25. The zero-order chi connectivity index (χ0) is 20.5. The summed E-state index contributed by atoms with van der Waals surface area (Å²) in [5.41, 5.74) is 7.79. The number of fused-ring (bicyclic) bond motifs is 5. The Hall–Kier alpha value is -3.10. The van der Waals surface area contributed by atoms with Crippen LogP contribution in [0.5, 0.6) is 0 Å². The third-order valence-corrected chi connectivity index (χ3v) is 7.65. The van der Waals surface area contributed by atoms with Gasteiger partial charge < -0.3 is 4.90 Å². The normalized spacial score (nSPS) is 14.7. The molecule has 2 heteroatoms. The van der Waals surface area contributed by atoms with Crippen molar-refractivity contribution in [2.75, 3.05) is 4.90 Å². The predicted molar refractivity (Wildman–Crippen MR) is 131 cm³/mol. The van der Waals surface area contributed by atoms with Gasteiger partial charge >= 0.3 is 0 Å². The molecule has 0 atom stereocenters. The van der Waals surface area contributed by atoms with Gasteiger partial charge in [-0.05, 0) is 60.5 Å². The van der Waals surface area contributed by atoms with Crippen molar-refractivity contribution in [2.24, 2.45) is 0 Å². The van der Waals surface area contributed by atoms with Gasteiger partial charge in [0.25, 0.3) is 0 Å². The maximum atomic E-state index is 2.44. The molecular formula is C28H23NS. The van der Waals surface area contributed by atoms with Gasteiger partial charge in [0, 0.05) is 31.3 Å². The van der Waals surface area contributed by atoms with Crippen LogP contribution in [0.3, 0.4) is 0 Å². The molecule has 6 rings (SSSR count). The molecule has 0 aliphatic carbocycles. The molecule has 30 heavy (non-hydrogen) atoms. The standard InChI is InChI=1S/C28H23NS/c1-18-12-14-26-20(16-18)21-17-19(13-15-27(21)30-26)29-24-10-6-4-8-22(24)28(2,3)23-9-5-7-11-25(23)29/h4-17H,1-3H3. The molecule has 0 saturated heterocycles. The fourth-order valence-corrected chi connectivity index (χ4v) is 6.03. The summed E-state index contributed by atoms with van der Waals surface area (Å²) < 4.78 is 2.70. The first-order chi connectivity index (χ1) is 14.5. The first kappa shape index (κ1) is 17.7. The molecule has 0 radical (unpaired) electrons. The van der Waals surface area contributed by atoms with Crippen molar-refractivity contribution in [1.82, 2.24) is 0 Å². The second kappa shape index (κ2) is 6.20. The van der Waals surface area contributed by atoms with Crippen molar-refractivity contribution in [3.8, 4) is 0 Å². The molecule has 0 saturated carbocycles. The highest BCUT2D eigenvalue weighted by atomic mass is 32.1. The Balaban J connectivity index is 1.65. The number of para-hydroxylation sites is 2. The van der Waals surface area contributed by atoms with E-state index in [0.29, 0.717) is 0 Å². The summed E-state index contributed by atoms with van der Waals surface area (Å²) in [6.45, 7) is 6.84. The number of benzene rings is 4. The Morgan fingerprint density at radius 2 is 1.23 bits per heavy atom. The van der Waals surface area contributed by atoms with Gasteiger partial charge in [0.1, 0.15) is 0 Å². The van der Waals surface area contributed by atoms with Crippen LogP contribution in [-0.2, 0) is 5.41 Å². The van der Waals surface area contributed by atoms with Crippen molar-refractivity contribution in [1.29, 1.82) is 0 Å². The van der Waals surface area contributed by atoms with Crippen molar-refractivity contribution in [2.45, 2.75) is 26.2 Å². The van der Waals surface area contributed by atoms with E-state index in [1.165, 1.54) is 53.9 Å². The van der Waals surface area contributed by atoms with E-state index in [0.717, 1.165) is 0 Å². The molecule has 1 aliphatic rings. The van der Waals surface area contributed by atoms with E-state index in [1.54, 1.807) is 0 Å². The van der Waals surface area contributed by atoms with Crippen molar-refractivity contribution < 1.29 is 0 Å². The second-order valence-electron chi connectivity index (χ2n) is 8.78. The highest BCUT2D eigenvalue weighted by Crippen LogP contribution is 2.52. The summed E-state index contributed by atoms with van der Waals surface area (Å²) in [4.78, 5) is 2.44. The highest BCUT2D eigenvalue weighted by Gasteiger charge is 2.36. The van der Waals surface area contributed by atoms with E-state index in [2.05, 4.69) is 111 Å². The van der Waals surface area contributed by atoms with Crippen LogP contribution < -0.4 is 4.90 Å². The number of anilines is 3. The van der Waals surface area contributed by atoms with Gasteiger partial charge in [-0.15, -0.1) is 11.3 Å². The van der Waals surface area contributed by atoms with Gasteiger partial charge in [0.15, 0.2) is 0 Å². The molecule has 5 aromatic rings. The van der Waals surface area contributed by atoms with Crippen LogP contribution in [-0.4, -0.2) is 0 Å². The first-order valence-electron chi connectivity index (χ1n) is 10.5. The molecule has 0 fully saturated rings. The lowest BCUT2D eigenvalue weighted by atomic mass is 9.73. The number of hydrogen-bond acceptors (Lipinski definition) is 2. The number of thiophene rings is 1. The summed E-state index contributed by atoms with van der Waals surface area (Å²) in [6.07, 6.45) is 0. The van der Waals surface area contributed by atoms with E-state index in [4.69, 9.17) is 0 Å². The molecule has 146 valence electrons. The predicted octanol–water partition coefficient (Wildman–Crippen LogP) is 8.47. The topological polar surface area (TPSA) is 3.24 Å². The van der Waals surface area contributed by atoms with E-state index < -0.39 is 0 Å². The van der Waals surface area contributed by atoms with Gasteiger partial charge in [-0.3, -0.25) is 0 Å². The SMILES string of the molecule is Cc1ccc2sc3ccc(N4c5ccccc5C(C)(C)c5ccccc54)cc3c2c1. The zero-order valence-corrected chi connectivity index (χ0v) is 18.3. The molecule has 4 aromatic carbocycles. The van der Waals surface area contributed by atoms with Crippen LogP contribution in [0.15, 0.2) is 84.9 Å². The third kappa shape index (κ3) is 2.41.